The number of benzene rings is 2. The van der Waals surface area contributed by atoms with Crippen LogP contribution in [0.2, 0.25) is 0 Å². The van der Waals surface area contributed by atoms with Crippen LogP contribution in [0.1, 0.15) is 16.7 Å². The van der Waals surface area contributed by atoms with E-state index in [2.05, 4.69) is 82.4 Å². The second-order valence-corrected chi connectivity index (χ2v) is 5.67. The summed E-state index contributed by atoms with van der Waals surface area (Å²) in [5.74, 6) is 0. The Balaban J connectivity index is 2.04. The average molecular weight is 318 g/mol. The Labute approximate surface area is 124 Å². The van der Waals surface area contributed by atoms with E-state index in [1.54, 1.807) is 0 Å². The van der Waals surface area contributed by atoms with Crippen molar-refractivity contribution in [3.05, 3.63) is 71.3 Å². The summed E-state index contributed by atoms with van der Waals surface area (Å²) in [6, 6.07) is 19.4. The first-order valence-corrected chi connectivity index (χ1v) is 7.78. The van der Waals surface area contributed by atoms with Crippen LogP contribution in [0.15, 0.2) is 54.6 Å². The number of aryl methyl sites for hydroxylation is 1. The molecule has 0 bridgehead atoms. The summed E-state index contributed by atoms with van der Waals surface area (Å²) >= 11 is 3.55. The third-order valence-corrected chi connectivity index (χ3v) is 3.49. The average Bonchev–Trinajstić information content (AvgIpc) is 2.40. The number of nitrogens with zero attached hydrogens (tertiary/aromatic N) is 1. The molecule has 0 aliphatic heterocycles. The second-order valence-electron chi connectivity index (χ2n) is 4.87. The lowest BCUT2D eigenvalue weighted by Crippen LogP contribution is -2.24. The maximum Gasteiger partial charge on any atom is 0.0237 e. The van der Waals surface area contributed by atoms with Crippen molar-refractivity contribution in [2.24, 2.45) is 0 Å². The zero-order chi connectivity index (χ0) is 13.5. The summed E-state index contributed by atoms with van der Waals surface area (Å²) in [5, 5.41) is 1.01. The Kier molecular flexibility index (Phi) is 5.62. The van der Waals surface area contributed by atoms with E-state index in [0.29, 0.717) is 0 Å². The molecule has 19 heavy (non-hydrogen) atoms. The minimum absolute atomic E-state index is 1.00. The maximum atomic E-state index is 3.55. The van der Waals surface area contributed by atoms with E-state index >= 15 is 0 Å². The topological polar surface area (TPSA) is 3.24 Å². The third-order valence-electron chi connectivity index (χ3n) is 3.14. The summed E-state index contributed by atoms with van der Waals surface area (Å²) in [6.07, 6.45) is 0. The standard InChI is InChI=1S/C17H20BrN/c1-15-6-5-9-17(12-15)14-19(11-10-18)13-16-7-3-2-4-8-16/h2-9,12H,10-11,13-14H2,1H3. The van der Waals surface area contributed by atoms with Gasteiger partial charge in [-0.15, -0.1) is 0 Å². The molecule has 100 valence electrons. The van der Waals surface area contributed by atoms with E-state index < -0.39 is 0 Å². The molecule has 0 aromatic heterocycles. The molecule has 0 N–H and O–H groups in total. The van der Waals surface area contributed by atoms with Crippen LogP contribution in [-0.4, -0.2) is 16.8 Å². The lowest BCUT2D eigenvalue weighted by Gasteiger charge is -2.21. The third kappa shape index (κ3) is 4.81. The summed E-state index contributed by atoms with van der Waals surface area (Å²) in [4.78, 5) is 2.47. The number of halogens is 1. The van der Waals surface area contributed by atoms with Gasteiger partial charge in [-0.2, -0.15) is 0 Å². The molecule has 0 saturated carbocycles. The summed E-state index contributed by atoms with van der Waals surface area (Å²) < 4.78 is 0. The lowest BCUT2D eigenvalue weighted by molar-refractivity contribution is 0.274. The van der Waals surface area contributed by atoms with Gasteiger partial charge in [0.15, 0.2) is 0 Å². The van der Waals surface area contributed by atoms with Gasteiger partial charge in [0, 0.05) is 25.0 Å². The van der Waals surface area contributed by atoms with E-state index in [9.17, 15) is 0 Å². The maximum absolute atomic E-state index is 3.55. The molecule has 0 atom stereocenters. The molecule has 0 unspecified atom stereocenters. The Morgan fingerprint density at radius 3 is 2.26 bits per heavy atom. The van der Waals surface area contributed by atoms with Crippen LogP contribution < -0.4 is 0 Å². The zero-order valence-corrected chi connectivity index (χ0v) is 12.9. The van der Waals surface area contributed by atoms with Gasteiger partial charge in [0.2, 0.25) is 0 Å². The Morgan fingerprint density at radius 2 is 1.58 bits per heavy atom. The smallest absolute Gasteiger partial charge is 0.0237 e. The molecule has 0 heterocycles. The van der Waals surface area contributed by atoms with Gasteiger partial charge < -0.3 is 0 Å². The van der Waals surface area contributed by atoms with Crippen molar-refractivity contribution in [1.82, 2.24) is 4.90 Å². The van der Waals surface area contributed by atoms with Crippen LogP contribution in [0.25, 0.3) is 0 Å². The van der Waals surface area contributed by atoms with E-state index in [1.807, 2.05) is 0 Å². The van der Waals surface area contributed by atoms with Gasteiger partial charge in [0.05, 0.1) is 0 Å². The molecular weight excluding hydrogens is 298 g/mol. The van der Waals surface area contributed by atoms with Crippen molar-refractivity contribution < 1.29 is 0 Å². The van der Waals surface area contributed by atoms with Crippen molar-refractivity contribution in [2.45, 2.75) is 20.0 Å². The Morgan fingerprint density at radius 1 is 0.895 bits per heavy atom. The fourth-order valence-electron chi connectivity index (χ4n) is 2.24. The van der Waals surface area contributed by atoms with Gasteiger partial charge in [0.25, 0.3) is 0 Å². The molecule has 2 aromatic carbocycles. The predicted octanol–water partition coefficient (Wildman–Crippen LogP) is 4.39. The van der Waals surface area contributed by atoms with Gasteiger partial charge in [-0.05, 0) is 18.1 Å². The molecule has 0 amide bonds. The molecule has 2 aromatic rings. The van der Waals surface area contributed by atoms with Crippen LogP contribution in [-0.2, 0) is 13.1 Å². The van der Waals surface area contributed by atoms with Gasteiger partial charge in [0.1, 0.15) is 0 Å². The Bertz CT molecular complexity index is 496. The van der Waals surface area contributed by atoms with E-state index in [-0.39, 0.29) is 0 Å². The van der Waals surface area contributed by atoms with Crippen LogP contribution in [0.5, 0.6) is 0 Å². The van der Waals surface area contributed by atoms with Gasteiger partial charge in [-0.1, -0.05) is 76.1 Å². The molecule has 0 radical (unpaired) electrons. The highest BCUT2D eigenvalue weighted by Gasteiger charge is 2.06. The number of rotatable bonds is 6. The molecule has 0 aliphatic rings. The highest BCUT2D eigenvalue weighted by atomic mass is 79.9. The molecule has 0 spiro atoms. The monoisotopic (exact) mass is 317 g/mol. The van der Waals surface area contributed by atoms with Gasteiger partial charge in [-0.25, -0.2) is 0 Å². The van der Waals surface area contributed by atoms with E-state index in [1.165, 1.54) is 16.7 Å². The minimum Gasteiger partial charge on any atom is -0.294 e. The SMILES string of the molecule is Cc1cccc(CN(CCBr)Cc2ccccc2)c1. The van der Waals surface area contributed by atoms with E-state index in [4.69, 9.17) is 0 Å². The van der Waals surface area contributed by atoms with Crippen molar-refractivity contribution in [1.29, 1.82) is 0 Å². The first-order chi connectivity index (χ1) is 9.28. The molecule has 2 rings (SSSR count). The van der Waals surface area contributed by atoms with Crippen molar-refractivity contribution >= 4 is 15.9 Å². The highest BCUT2D eigenvalue weighted by Crippen LogP contribution is 2.11. The van der Waals surface area contributed by atoms with Crippen molar-refractivity contribution in [3.63, 3.8) is 0 Å². The summed E-state index contributed by atoms with van der Waals surface area (Å²) in [7, 11) is 0. The van der Waals surface area contributed by atoms with Crippen molar-refractivity contribution in [2.75, 3.05) is 11.9 Å². The van der Waals surface area contributed by atoms with Crippen LogP contribution in [0, 0.1) is 6.92 Å². The van der Waals surface area contributed by atoms with E-state index in [0.717, 1.165) is 25.0 Å². The van der Waals surface area contributed by atoms with Crippen LogP contribution >= 0.6 is 15.9 Å². The van der Waals surface area contributed by atoms with Crippen molar-refractivity contribution in [3.8, 4) is 0 Å². The molecule has 1 nitrogen and oxygen atoms in total. The lowest BCUT2D eigenvalue weighted by atomic mass is 10.1. The molecule has 0 saturated heterocycles. The second kappa shape index (κ2) is 7.46. The Hall–Kier alpha value is -1.12. The molecular formula is C17H20BrN. The zero-order valence-electron chi connectivity index (χ0n) is 11.3. The number of alkyl halides is 1. The first-order valence-electron chi connectivity index (χ1n) is 6.66. The fourth-order valence-corrected chi connectivity index (χ4v) is 2.75. The van der Waals surface area contributed by atoms with Crippen LogP contribution in [0.3, 0.4) is 0 Å². The first kappa shape index (κ1) is 14.3. The number of hydrogen-bond acceptors (Lipinski definition) is 1. The van der Waals surface area contributed by atoms with Gasteiger partial charge >= 0.3 is 0 Å². The molecule has 0 fully saturated rings. The fraction of sp³-hybridized carbons (Fsp3) is 0.294. The minimum atomic E-state index is 1.00. The highest BCUT2D eigenvalue weighted by molar-refractivity contribution is 9.09. The van der Waals surface area contributed by atoms with Crippen LogP contribution in [0.4, 0.5) is 0 Å². The quantitative estimate of drug-likeness (QED) is 0.714. The normalized spacial score (nSPS) is 10.9. The summed E-state index contributed by atoms with van der Waals surface area (Å²) in [5.41, 5.74) is 4.09. The summed E-state index contributed by atoms with van der Waals surface area (Å²) in [6.45, 7) is 5.21. The number of hydrogen-bond donors (Lipinski definition) is 0. The van der Waals surface area contributed by atoms with Gasteiger partial charge in [-0.3, -0.25) is 4.90 Å². The predicted molar refractivity (Wildman–Crippen MR) is 85.5 cm³/mol. The molecule has 0 aliphatic carbocycles. The molecule has 2 heteroatoms. The largest absolute Gasteiger partial charge is 0.294 e.